The van der Waals surface area contributed by atoms with Gasteiger partial charge >= 0.3 is 11.9 Å². The van der Waals surface area contributed by atoms with E-state index < -0.39 is 11.9 Å². The van der Waals surface area contributed by atoms with Gasteiger partial charge in [0.1, 0.15) is 19.0 Å². The lowest BCUT2D eigenvalue weighted by Gasteiger charge is -2.37. The van der Waals surface area contributed by atoms with Gasteiger partial charge in [0.2, 0.25) is 0 Å². The van der Waals surface area contributed by atoms with Gasteiger partial charge in [0.05, 0.1) is 5.56 Å². The standard InChI is InChI=1S/C28H38O5/c1-3-20-5-9-22(10-6-20)23-13-15-24(16-14-23)26(29)19-21-7-11-25(12-8-21)28(31)33-18-17-32-27(30)4-2/h4,7-8,11-12,20,22-24H,2-3,5-6,9-10,13-19H2,1H3. The smallest absolute Gasteiger partial charge is 0.338 e. The van der Waals surface area contributed by atoms with Crippen LogP contribution in [0, 0.1) is 23.7 Å². The highest BCUT2D eigenvalue weighted by atomic mass is 16.6. The first-order valence-electron chi connectivity index (χ1n) is 12.6. The maximum atomic E-state index is 12.9. The predicted molar refractivity (Wildman–Crippen MR) is 128 cm³/mol. The van der Waals surface area contributed by atoms with Gasteiger partial charge in [-0.25, -0.2) is 9.59 Å². The van der Waals surface area contributed by atoms with Gasteiger partial charge < -0.3 is 9.47 Å². The van der Waals surface area contributed by atoms with Crippen molar-refractivity contribution in [2.24, 2.45) is 23.7 Å². The molecule has 0 amide bonds. The van der Waals surface area contributed by atoms with Gasteiger partial charge in [-0.05, 0) is 74.0 Å². The summed E-state index contributed by atoms with van der Waals surface area (Å²) in [5.74, 6) is 2.11. The molecule has 2 aliphatic rings. The van der Waals surface area contributed by atoms with Crippen LogP contribution in [-0.4, -0.2) is 30.9 Å². The molecule has 0 aromatic heterocycles. The van der Waals surface area contributed by atoms with Crippen molar-refractivity contribution in [3.05, 3.63) is 48.0 Å². The van der Waals surface area contributed by atoms with Crippen molar-refractivity contribution < 1.29 is 23.9 Å². The van der Waals surface area contributed by atoms with Crippen LogP contribution in [0.25, 0.3) is 0 Å². The van der Waals surface area contributed by atoms with E-state index in [1.807, 2.05) is 12.1 Å². The average molecular weight is 455 g/mol. The minimum atomic E-state index is -0.548. The van der Waals surface area contributed by atoms with E-state index in [0.717, 1.165) is 42.2 Å². The number of carbonyl (C=O) groups is 3. The third kappa shape index (κ3) is 7.55. The molecule has 0 heterocycles. The Hall–Kier alpha value is -2.43. The van der Waals surface area contributed by atoms with Crippen LogP contribution in [0.15, 0.2) is 36.9 Å². The summed E-state index contributed by atoms with van der Waals surface area (Å²) >= 11 is 0. The molecule has 3 rings (SSSR count). The van der Waals surface area contributed by atoms with Crippen LogP contribution in [0.4, 0.5) is 0 Å². The summed E-state index contributed by atoms with van der Waals surface area (Å²) in [7, 11) is 0. The van der Waals surface area contributed by atoms with E-state index >= 15 is 0 Å². The molecule has 2 aliphatic carbocycles. The maximum Gasteiger partial charge on any atom is 0.338 e. The minimum absolute atomic E-state index is 0.00850. The van der Waals surface area contributed by atoms with E-state index in [9.17, 15) is 14.4 Å². The van der Waals surface area contributed by atoms with E-state index in [1.54, 1.807) is 12.1 Å². The van der Waals surface area contributed by atoms with E-state index in [1.165, 1.54) is 44.9 Å². The number of Topliss-reactive ketones (excluding diaryl/α,β-unsaturated/α-hetero) is 1. The Balaban J connectivity index is 1.38. The van der Waals surface area contributed by atoms with Crippen molar-refractivity contribution in [3.63, 3.8) is 0 Å². The number of hydrogen-bond acceptors (Lipinski definition) is 5. The molecule has 33 heavy (non-hydrogen) atoms. The van der Waals surface area contributed by atoms with Crippen LogP contribution >= 0.6 is 0 Å². The largest absolute Gasteiger partial charge is 0.459 e. The second-order valence-corrected chi connectivity index (χ2v) is 9.65. The molecule has 5 nitrogen and oxygen atoms in total. The zero-order valence-corrected chi connectivity index (χ0v) is 19.9. The Morgan fingerprint density at radius 2 is 1.45 bits per heavy atom. The number of hydrogen-bond donors (Lipinski definition) is 0. The van der Waals surface area contributed by atoms with Crippen LogP contribution in [-0.2, 0) is 25.5 Å². The molecule has 0 N–H and O–H groups in total. The first-order chi connectivity index (χ1) is 16.0. The zero-order chi connectivity index (χ0) is 23.6. The second-order valence-electron chi connectivity index (χ2n) is 9.65. The first kappa shape index (κ1) is 25.2. The monoisotopic (exact) mass is 454 g/mol. The van der Waals surface area contributed by atoms with Gasteiger partial charge in [0.25, 0.3) is 0 Å². The van der Waals surface area contributed by atoms with Crippen LogP contribution in [0.2, 0.25) is 0 Å². The van der Waals surface area contributed by atoms with Crippen LogP contribution < -0.4 is 0 Å². The van der Waals surface area contributed by atoms with Crippen LogP contribution in [0.3, 0.4) is 0 Å². The third-order valence-corrected chi connectivity index (χ3v) is 7.66. The summed E-state index contributed by atoms with van der Waals surface area (Å²) in [5.41, 5.74) is 1.34. The molecule has 0 unspecified atom stereocenters. The topological polar surface area (TPSA) is 69.7 Å². The Bertz CT molecular complexity index is 796. The van der Waals surface area contributed by atoms with Gasteiger partial charge in [-0.15, -0.1) is 0 Å². The minimum Gasteiger partial charge on any atom is -0.459 e. The molecule has 180 valence electrons. The van der Waals surface area contributed by atoms with Gasteiger partial charge in [-0.2, -0.15) is 0 Å². The second kappa shape index (κ2) is 12.7. The predicted octanol–water partition coefficient (Wildman–Crippen LogP) is 5.71. The zero-order valence-electron chi connectivity index (χ0n) is 19.9. The SMILES string of the molecule is C=CC(=O)OCCOC(=O)c1ccc(CC(=O)C2CCC(C3CCC(CC)CC3)CC2)cc1. The molecule has 0 spiro atoms. The fourth-order valence-corrected chi connectivity index (χ4v) is 5.50. The molecule has 1 aromatic rings. The van der Waals surface area contributed by atoms with Crippen molar-refractivity contribution in [1.82, 2.24) is 0 Å². The highest BCUT2D eigenvalue weighted by Gasteiger charge is 2.32. The normalized spacial score (nSPS) is 25.1. The molecule has 2 fully saturated rings. The summed E-state index contributed by atoms with van der Waals surface area (Å²) < 4.78 is 9.87. The molecule has 5 heteroatoms. The summed E-state index contributed by atoms with van der Waals surface area (Å²) in [4.78, 5) is 35.9. The molecule has 0 saturated heterocycles. The average Bonchev–Trinajstić information content (AvgIpc) is 2.86. The molecular formula is C28H38O5. The Kier molecular flexibility index (Phi) is 9.71. The lowest BCUT2D eigenvalue weighted by molar-refractivity contribution is -0.138. The van der Waals surface area contributed by atoms with Crippen molar-refractivity contribution >= 4 is 17.7 Å². The van der Waals surface area contributed by atoms with Gasteiger partial charge in [0.15, 0.2) is 0 Å². The van der Waals surface area contributed by atoms with Crippen molar-refractivity contribution in [1.29, 1.82) is 0 Å². The summed E-state index contributed by atoms with van der Waals surface area (Å²) in [6, 6.07) is 7.02. The number of ketones is 1. The molecule has 2 saturated carbocycles. The molecule has 0 radical (unpaired) electrons. The van der Waals surface area contributed by atoms with Gasteiger partial charge in [0, 0.05) is 18.4 Å². The molecule has 0 atom stereocenters. The van der Waals surface area contributed by atoms with E-state index in [2.05, 4.69) is 13.5 Å². The Morgan fingerprint density at radius 3 is 2.03 bits per heavy atom. The summed E-state index contributed by atoms with van der Waals surface area (Å²) in [5, 5.41) is 0. The fourth-order valence-electron chi connectivity index (χ4n) is 5.50. The maximum absolute atomic E-state index is 12.9. The number of rotatable bonds is 10. The number of carbonyl (C=O) groups excluding carboxylic acids is 3. The molecule has 1 aromatic carbocycles. The van der Waals surface area contributed by atoms with Crippen LogP contribution in [0.1, 0.15) is 80.6 Å². The van der Waals surface area contributed by atoms with E-state index in [0.29, 0.717) is 17.8 Å². The van der Waals surface area contributed by atoms with Crippen LogP contribution in [0.5, 0.6) is 0 Å². The van der Waals surface area contributed by atoms with Gasteiger partial charge in [-0.3, -0.25) is 4.79 Å². The molecule has 0 bridgehead atoms. The lowest BCUT2D eigenvalue weighted by Crippen LogP contribution is -2.28. The fraction of sp³-hybridized carbons (Fsp3) is 0.607. The van der Waals surface area contributed by atoms with Crippen molar-refractivity contribution in [3.8, 4) is 0 Å². The molecular weight excluding hydrogens is 416 g/mol. The highest BCUT2D eigenvalue weighted by Crippen LogP contribution is 2.42. The lowest BCUT2D eigenvalue weighted by atomic mass is 9.68. The quantitative estimate of drug-likeness (QED) is 0.257. The van der Waals surface area contributed by atoms with Crippen molar-refractivity contribution in [2.75, 3.05) is 13.2 Å². The number of esters is 2. The number of benzene rings is 1. The van der Waals surface area contributed by atoms with Crippen molar-refractivity contribution in [2.45, 2.75) is 71.1 Å². The van der Waals surface area contributed by atoms with Gasteiger partial charge in [-0.1, -0.05) is 44.9 Å². The summed E-state index contributed by atoms with van der Waals surface area (Å²) in [6.07, 6.45) is 12.8. The number of ether oxygens (including phenoxy) is 2. The first-order valence-corrected chi connectivity index (χ1v) is 12.6. The van der Waals surface area contributed by atoms with E-state index in [4.69, 9.17) is 9.47 Å². The van der Waals surface area contributed by atoms with E-state index in [-0.39, 0.29) is 19.1 Å². The summed E-state index contributed by atoms with van der Waals surface area (Å²) in [6.45, 7) is 5.59. The third-order valence-electron chi connectivity index (χ3n) is 7.66. The highest BCUT2D eigenvalue weighted by molar-refractivity contribution is 5.90. The molecule has 0 aliphatic heterocycles. The Morgan fingerprint density at radius 1 is 0.879 bits per heavy atom. The Labute approximate surface area is 197 Å².